The van der Waals surface area contributed by atoms with E-state index in [0.717, 1.165) is 19.6 Å². The van der Waals surface area contributed by atoms with Crippen molar-refractivity contribution in [2.75, 3.05) is 19.8 Å². The number of hydrogen-bond acceptors (Lipinski definition) is 4. The van der Waals surface area contributed by atoms with Crippen molar-refractivity contribution in [3.8, 4) is 0 Å². The Morgan fingerprint density at radius 3 is 3.08 bits per heavy atom. The molecule has 12 heavy (non-hydrogen) atoms. The lowest BCUT2D eigenvalue weighted by atomic mass is 9.91. The maximum Gasteiger partial charge on any atom is 0.271 e. The Morgan fingerprint density at radius 1 is 1.83 bits per heavy atom. The second kappa shape index (κ2) is 4.02. The van der Waals surface area contributed by atoms with Crippen LogP contribution in [0.25, 0.3) is 0 Å². The molecule has 4 nitrogen and oxygen atoms in total. The minimum Gasteiger partial charge on any atom is -0.469 e. The fourth-order valence-corrected chi connectivity index (χ4v) is 1.16. The zero-order valence-corrected chi connectivity index (χ0v) is 7.95. The number of nitrogens with one attached hydrogen (secondary N) is 1. The van der Waals surface area contributed by atoms with Crippen molar-refractivity contribution < 1.29 is 9.47 Å². The maximum atomic E-state index is 5.25. The van der Waals surface area contributed by atoms with E-state index in [1.807, 2.05) is 0 Å². The quantitative estimate of drug-likeness (QED) is 0.369. The topological polar surface area (TPSA) is 56.5 Å². The van der Waals surface area contributed by atoms with E-state index < -0.39 is 0 Å². The molecule has 1 saturated heterocycles. The first-order valence-electron chi connectivity index (χ1n) is 3.87. The van der Waals surface area contributed by atoms with Gasteiger partial charge >= 0.3 is 0 Å². The van der Waals surface area contributed by atoms with Gasteiger partial charge in [-0.05, 0) is 18.6 Å². The fourth-order valence-electron chi connectivity index (χ4n) is 1.10. The molecule has 1 heterocycles. The van der Waals surface area contributed by atoms with E-state index in [2.05, 4.69) is 12.3 Å². The van der Waals surface area contributed by atoms with Crippen LogP contribution in [0, 0.1) is 5.41 Å². The van der Waals surface area contributed by atoms with E-state index >= 15 is 0 Å². The van der Waals surface area contributed by atoms with E-state index in [0.29, 0.717) is 6.61 Å². The lowest BCUT2D eigenvalue weighted by molar-refractivity contribution is 0.112. The average molecular weight is 190 g/mol. The van der Waals surface area contributed by atoms with Crippen molar-refractivity contribution in [2.24, 2.45) is 11.3 Å². The Morgan fingerprint density at radius 2 is 2.58 bits per heavy atom. The first-order valence-corrected chi connectivity index (χ1v) is 4.28. The number of ether oxygens (including phenoxy) is 2. The van der Waals surface area contributed by atoms with E-state index in [1.165, 1.54) is 0 Å². The molecule has 1 atom stereocenters. The molecule has 1 aliphatic rings. The van der Waals surface area contributed by atoms with Crippen LogP contribution < -0.4 is 11.3 Å². The van der Waals surface area contributed by atoms with Gasteiger partial charge in [0.2, 0.25) is 0 Å². The van der Waals surface area contributed by atoms with Gasteiger partial charge in [0.05, 0.1) is 13.2 Å². The summed E-state index contributed by atoms with van der Waals surface area (Å²) in [4.78, 5) is 0. The van der Waals surface area contributed by atoms with Gasteiger partial charge in [-0.25, -0.2) is 5.84 Å². The molecule has 0 bridgehead atoms. The highest BCUT2D eigenvalue weighted by Crippen LogP contribution is 2.27. The monoisotopic (exact) mass is 190 g/mol. The molecule has 1 fully saturated rings. The van der Waals surface area contributed by atoms with Crippen molar-refractivity contribution in [1.82, 2.24) is 5.43 Å². The maximum absolute atomic E-state index is 5.25. The molecule has 1 aliphatic heterocycles. The molecule has 0 radical (unpaired) electrons. The molecule has 0 saturated carbocycles. The standard InChI is InChI=1S/C7H14N2O2S/c1-7(2-3-10-4-7)5-11-6(12)9-8/h2-5,8H2,1H3,(H,9,12). The lowest BCUT2D eigenvalue weighted by Crippen LogP contribution is -2.34. The van der Waals surface area contributed by atoms with Crippen LogP contribution in [-0.4, -0.2) is 25.0 Å². The molecular formula is C7H14N2O2S. The van der Waals surface area contributed by atoms with Crippen LogP contribution >= 0.6 is 12.2 Å². The van der Waals surface area contributed by atoms with Gasteiger partial charge in [0.25, 0.3) is 5.17 Å². The van der Waals surface area contributed by atoms with Gasteiger partial charge in [-0.2, -0.15) is 0 Å². The zero-order valence-electron chi connectivity index (χ0n) is 7.13. The predicted octanol–water partition coefficient (Wildman–Crippen LogP) is 0.178. The molecule has 0 aliphatic carbocycles. The first kappa shape index (κ1) is 9.70. The summed E-state index contributed by atoms with van der Waals surface area (Å²) in [6, 6.07) is 0. The summed E-state index contributed by atoms with van der Waals surface area (Å²) in [6.07, 6.45) is 1.01. The second-order valence-electron chi connectivity index (χ2n) is 3.33. The van der Waals surface area contributed by atoms with E-state index in [1.54, 1.807) is 0 Å². The van der Waals surface area contributed by atoms with Gasteiger partial charge in [-0.1, -0.05) is 6.92 Å². The molecule has 0 amide bonds. The lowest BCUT2D eigenvalue weighted by Gasteiger charge is -2.21. The highest BCUT2D eigenvalue weighted by Gasteiger charge is 2.30. The molecule has 1 rings (SSSR count). The summed E-state index contributed by atoms with van der Waals surface area (Å²) in [6.45, 7) is 4.22. The minimum atomic E-state index is 0.0981. The Balaban J connectivity index is 2.25. The minimum absolute atomic E-state index is 0.0981. The summed E-state index contributed by atoms with van der Waals surface area (Å²) in [7, 11) is 0. The summed E-state index contributed by atoms with van der Waals surface area (Å²) in [5, 5.41) is 0.239. The highest BCUT2D eigenvalue weighted by molar-refractivity contribution is 7.80. The SMILES string of the molecule is CC1(COC(=S)NN)CCOC1. The van der Waals surface area contributed by atoms with E-state index in [4.69, 9.17) is 27.5 Å². The van der Waals surface area contributed by atoms with E-state index in [9.17, 15) is 0 Å². The predicted molar refractivity (Wildman–Crippen MR) is 49.4 cm³/mol. The summed E-state index contributed by atoms with van der Waals surface area (Å²) in [5.41, 5.74) is 2.37. The third kappa shape index (κ3) is 2.58. The smallest absolute Gasteiger partial charge is 0.271 e. The van der Waals surface area contributed by atoms with E-state index in [-0.39, 0.29) is 10.6 Å². The molecular weight excluding hydrogens is 176 g/mol. The largest absolute Gasteiger partial charge is 0.469 e. The third-order valence-corrected chi connectivity index (χ3v) is 2.21. The Hall–Kier alpha value is -0.390. The van der Waals surface area contributed by atoms with Gasteiger partial charge < -0.3 is 9.47 Å². The first-order chi connectivity index (χ1) is 5.66. The van der Waals surface area contributed by atoms with Crippen LogP contribution in [0.3, 0.4) is 0 Å². The van der Waals surface area contributed by atoms with Crippen LogP contribution in [-0.2, 0) is 9.47 Å². The summed E-state index contributed by atoms with van der Waals surface area (Å²) < 4.78 is 10.4. The molecule has 3 N–H and O–H groups in total. The molecule has 0 aromatic heterocycles. The molecule has 5 heteroatoms. The number of thiocarbonyl (C=S) groups is 1. The van der Waals surface area contributed by atoms with Crippen LogP contribution in [0.5, 0.6) is 0 Å². The normalized spacial score (nSPS) is 28.5. The van der Waals surface area contributed by atoms with Crippen LogP contribution in [0.15, 0.2) is 0 Å². The molecule has 0 aromatic carbocycles. The molecule has 0 aromatic rings. The Bertz CT molecular complexity index is 169. The van der Waals surface area contributed by atoms with Crippen LogP contribution in [0.4, 0.5) is 0 Å². The summed E-state index contributed by atoms with van der Waals surface area (Å²) >= 11 is 4.74. The second-order valence-corrected chi connectivity index (χ2v) is 3.70. The van der Waals surface area contributed by atoms with Crippen molar-refractivity contribution >= 4 is 17.4 Å². The van der Waals surface area contributed by atoms with Gasteiger partial charge in [0, 0.05) is 12.0 Å². The third-order valence-electron chi connectivity index (χ3n) is 1.97. The number of hydrazine groups is 1. The van der Waals surface area contributed by atoms with Crippen LogP contribution in [0.1, 0.15) is 13.3 Å². The van der Waals surface area contributed by atoms with Crippen molar-refractivity contribution in [1.29, 1.82) is 0 Å². The van der Waals surface area contributed by atoms with Crippen molar-refractivity contribution in [3.05, 3.63) is 0 Å². The molecule has 0 spiro atoms. The van der Waals surface area contributed by atoms with Crippen molar-refractivity contribution in [2.45, 2.75) is 13.3 Å². The average Bonchev–Trinajstić information content (AvgIpc) is 2.49. The highest BCUT2D eigenvalue weighted by atomic mass is 32.1. The number of nitrogens with two attached hydrogens (primary N) is 1. The van der Waals surface area contributed by atoms with Gasteiger partial charge in [-0.15, -0.1) is 0 Å². The van der Waals surface area contributed by atoms with Gasteiger partial charge in [0.1, 0.15) is 0 Å². The molecule has 70 valence electrons. The fraction of sp³-hybridized carbons (Fsp3) is 0.857. The zero-order chi connectivity index (χ0) is 9.03. The Kier molecular flexibility index (Phi) is 3.25. The summed E-state index contributed by atoms with van der Waals surface area (Å²) in [5.74, 6) is 5.05. The number of rotatable bonds is 2. The Labute approximate surface area is 77.4 Å². The number of hydrogen-bond donors (Lipinski definition) is 2. The van der Waals surface area contributed by atoms with Crippen LogP contribution in [0.2, 0.25) is 0 Å². The van der Waals surface area contributed by atoms with Gasteiger partial charge in [0.15, 0.2) is 0 Å². The van der Waals surface area contributed by atoms with Gasteiger partial charge in [-0.3, -0.25) is 5.43 Å². The van der Waals surface area contributed by atoms with Crippen molar-refractivity contribution in [3.63, 3.8) is 0 Å². The molecule has 1 unspecified atom stereocenters.